The molecule has 0 bridgehead atoms. The van der Waals surface area contributed by atoms with Gasteiger partial charge in [0, 0.05) is 31.6 Å². The molecule has 90 valence electrons. The van der Waals surface area contributed by atoms with Gasteiger partial charge in [-0.15, -0.1) is 0 Å². The van der Waals surface area contributed by atoms with E-state index in [1.165, 1.54) is 0 Å². The summed E-state index contributed by atoms with van der Waals surface area (Å²) in [5, 5.41) is 7.19. The lowest BCUT2D eigenvalue weighted by atomic mass is 10.5. The van der Waals surface area contributed by atoms with Crippen molar-refractivity contribution < 1.29 is 4.74 Å². The van der Waals surface area contributed by atoms with E-state index in [1.54, 1.807) is 16.9 Å². The Labute approximate surface area is 99.7 Å². The van der Waals surface area contributed by atoms with Crippen molar-refractivity contribution in [3.63, 3.8) is 0 Å². The molecule has 0 spiro atoms. The highest BCUT2D eigenvalue weighted by atomic mass is 16.5. The summed E-state index contributed by atoms with van der Waals surface area (Å²) in [5.74, 6) is 1.73. The molecule has 0 saturated carbocycles. The second-order valence-electron chi connectivity index (χ2n) is 3.88. The molecule has 2 heterocycles. The lowest BCUT2D eigenvalue weighted by Gasteiger charge is -2.09. The average Bonchev–Trinajstić information content (AvgIpc) is 2.63. The van der Waals surface area contributed by atoms with Crippen LogP contribution in [0.4, 0.5) is 11.8 Å². The summed E-state index contributed by atoms with van der Waals surface area (Å²) >= 11 is 0. The molecule has 0 aliphatic carbocycles. The second-order valence-corrected chi connectivity index (χ2v) is 3.88. The highest BCUT2D eigenvalue weighted by molar-refractivity contribution is 5.46. The lowest BCUT2D eigenvalue weighted by molar-refractivity contribution is 0.232. The molecule has 0 atom stereocenters. The van der Waals surface area contributed by atoms with Crippen molar-refractivity contribution in [1.29, 1.82) is 0 Å². The van der Waals surface area contributed by atoms with Crippen molar-refractivity contribution in [2.75, 3.05) is 5.32 Å². The fourth-order valence-corrected chi connectivity index (χ4v) is 1.31. The molecule has 6 nitrogen and oxygen atoms in total. The van der Waals surface area contributed by atoms with E-state index in [2.05, 4.69) is 20.4 Å². The first-order valence-corrected chi connectivity index (χ1v) is 5.40. The number of anilines is 2. The minimum atomic E-state index is 0.0904. The van der Waals surface area contributed by atoms with Crippen LogP contribution in [0.5, 0.6) is 5.88 Å². The van der Waals surface area contributed by atoms with Gasteiger partial charge in [0.15, 0.2) is 5.82 Å². The number of hydrogen-bond donors (Lipinski definition) is 1. The number of aromatic nitrogens is 4. The predicted molar refractivity (Wildman–Crippen MR) is 64.3 cm³/mol. The molecular weight excluding hydrogens is 218 g/mol. The third-order valence-electron chi connectivity index (χ3n) is 1.94. The Bertz CT molecular complexity index is 494. The molecule has 0 aliphatic rings. The Balaban J connectivity index is 2.10. The van der Waals surface area contributed by atoms with Gasteiger partial charge in [0.2, 0.25) is 11.8 Å². The van der Waals surface area contributed by atoms with Crippen LogP contribution < -0.4 is 10.1 Å². The third-order valence-corrected chi connectivity index (χ3v) is 1.94. The van der Waals surface area contributed by atoms with Gasteiger partial charge in [-0.25, -0.2) is 4.98 Å². The van der Waals surface area contributed by atoms with Crippen molar-refractivity contribution in [1.82, 2.24) is 19.7 Å². The molecule has 0 aliphatic heterocycles. The molecule has 2 aromatic heterocycles. The van der Waals surface area contributed by atoms with Crippen LogP contribution >= 0.6 is 0 Å². The normalized spacial score (nSPS) is 10.6. The molecule has 6 heteroatoms. The van der Waals surface area contributed by atoms with Crippen LogP contribution in [0.3, 0.4) is 0 Å². The van der Waals surface area contributed by atoms with Gasteiger partial charge >= 0.3 is 0 Å². The van der Waals surface area contributed by atoms with Crippen LogP contribution in [0, 0.1) is 0 Å². The minimum Gasteiger partial charge on any atom is -0.475 e. The van der Waals surface area contributed by atoms with Gasteiger partial charge in [0.25, 0.3) is 0 Å². The van der Waals surface area contributed by atoms with Gasteiger partial charge in [0.1, 0.15) is 0 Å². The topological polar surface area (TPSA) is 64.9 Å². The molecule has 0 radical (unpaired) electrons. The fraction of sp³-hybridized carbons (Fsp3) is 0.364. The molecule has 0 unspecified atom stereocenters. The molecule has 0 fully saturated rings. The number of rotatable bonds is 4. The first kappa shape index (κ1) is 11.4. The average molecular weight is 233 g/mol. The predicted octanol–water partition coefficient (Wildman–Crippen LogP) is 1.74. The fourth-order valence-electron chi connectivity index (χ4n) is 1.31. The molecular formula is C11H15N5O. The van der Waals surface area contributed by atoms with Gasteiger partial charge in [-0.2, -0.15) is 10.1 Å². The number of nitrogens with zero attached hydrogens (tertiary/aromatic N) is 4. The van der Waals surface area contributed by atoms with E-state index in [0.717, 1.165) is 0 Å². The van der Waals surface area contributed by atoms with E-state index >= 15 is 0 Å². The van der Waals surface area contributed by atoms with Crippen LogP contribution in [-0.4, -0.2) is 25.9 Å². The zero-order chi connectivity index (χ0) is 12.3. The van der Waals surface area contributed by atoms with Crippen molar-refractivity contribution in [2.24, 2.45) is 7.05 Å². The minimum absolute atomic E-state index is 0.0904. The largest absolute Gasteiger partial charge is 0.475 e. The zero-order valence-corrected chi connectivity index (χ0v) is 10.1. The summed E-state index contributed by atoms with van der Waals surface area (Å²) in [6.45, 7) is 3.90. The van der Waals surface area contributed by atoms with Crippen LogP contribution in [0.1, 0.15) is 13.8 Å². The Morgan fingerprint density at radius 1 is 1.35 bits per heavy atom. The summed E-state index contributed by atoms with van der Waals surface area (Å²) in [5.41, 5.74) is 0. The van der Waals surface area contributed by atoms with E-state index in [1.807, 2.05) is 33.2 Å². The number of ether oxygens (including phenoxy) is 1. The first-order valence-electron chi connectivity index (χ1n) is 5.40. The van der Waals surface area contributed by atoms with Gasteiger partial charge in [0.05, 0.1) is 6.10 Å². The number of hydrogen-bond acceptors (Lipinski definition) is 5. The van der Waals surface area contributed by atoms with Crippen LogP contribution in [0.25, 0.3) is 0 Å². The Morgan fingerprint density at radius 2 is 2.18 bits per heavy atom. The third kappa shape index (κ3) is 3.17. The Kier molecular flexibility index (Phi) is 3.22. The van der Waals surface area contributed by atoms with Gasteiger partial charge in [-0.1, -0.05) is 0 Å². The maximum atomic E-state index is 5.48. The first-order chi connectivity index (χ1) is 8.13. The van der Waals surface area contributed by atoms with E-state index in [-0.39, 0.29) is 6.10 Å². The summed E-state index contributed by atoms with van der Waals surface area (Å²) in [7, 11) is 1.85. The van der Waals surface area contributed by atoms with Crippen molar-refractivity contribution >= 4 is 11.8 Å². The Hall–Kier alpha value is -2.11. The van der Waals surface area contributed by atoms with Crippen molar-refractivity contribution in [3.8, 4) is 5.88 Å². The molecule has 1 N–H and O–H groups in total. The second kappa shape index (κ2) is 4.82. The van der Waals surface area contributed by atoms with E-state index in [4.69, 9.17) is 4.74 Å². The molecule has 0 aromatic carbocycles. The molecule has 0 saturated heterocycles. The molecule has 0 amide bonds. The van der Waals surface area contributed by atoms with Gasteiger partial charge < -0.3 is 10.1 Å². The van der Waals surface area contributed by atoms with Crippen LogP contribution in [0.2, 0.25) is 0 Å². The summed E-state index contributed by atoms with van der Waals surface area (Å²) < 4.78 is 7.19. The van der Waals surface area contributed by atoms with Crippen LogP contribution in [-0.2, 0) is 7.05 Å². The molecule has 2 aromatic rings. The molecule has 17 heavy (non-hydrogen) atoms. The number of aryl methyl sites for hydroxylation is 1. The lowest BCUT2D eigenvalue weighted by Crippen LogP contribution is -2.08. The SMILES string of the molecule is CC(C)Oc1ccnc(Nc2ccn(C)n2)n1. The maximum Gasteiger partial charge on any atom is 0.231 e. The van der Waals surface area contributed by atoms with Gasteiger partial charge in [-0.3, -0.25) is 4.68 Å². The highest BCUT2D eigenvalue weighted by Crippen LogP contribution is 2.13. The Morgan fingerprint density at radius 3 is 2.82 bits per heavy atom. The summed E-state index contributed by atoms with van der Waals surface area (Å²) in [6.07, 6.45) is 3.58. The monoisotopic (exact) mass is 233 g/mol. The summed E-state index contributed by atoms with van der Waals surface area (Å²) in [6, 6.07) is 3.57. The van der Waals surface area contributed by atoms with E-state index in [0.29, 0.717) is 17.6 Å². The number of nitrogens with one attached hydrogen (secondary N) is 1. The van der Waals surface area contributed by atoms with E-state index in [9.17, 15) is 0 Å². The highest BCUT2D eigenvalue weighted by Gasteiger charge is 2.03. The quantitative estimate of drug-likeness (QED) is 0.871. The maximum absolute atomic E-state index is 5.48. The summed E-state index contributed by atoms with van der Waals surface area (Å²) in [4.78, 5) is 8.32. The van der Waals surface area contributed by atoms with Crippen LogP contribution in [0.15, 0.2) is 24.5 Å². The standard InChI is InChI=1S/C11H15N5O/c1-8(2)17-10-4-6-12-11(14-10)13-9-5-7-16(3)15-9/h4-8H,1-3H3,(H,12,13,14,15). The van der Waals surface area contributed by atoms with Gasteiger partial charge in [-0.05, 0) is 13.8 Å². The smallest absolute Gasteiger partial charge is 0.231 e. The van der Waals surface area contributed by atoms with Crippen molar-refractivity contribution in [3.05, 3.63) is 24.5 Å². The van der Waals surface area contributed by atoms with E-state index < -0.39 is 0 Å². The zero-order valence-electron chi connectivity index (χ0n) is 10.1. The molecule has 2 rings (SSSR count). The van der Waals surface area contributed by atoms with Crippen molar-refractivity contribution in [2.45, 2.75) is 20.0 Å².